The van der Waals surface area contributed by atoms with Crippen LogP contribution in [0.25, 0.3) is 0 Å². The Labute approximate surface area is 142 Å². The second-order valence-corrected chi connectivity index (χ2v) is 4.93. The Hall–Kier alpha value is -0.750. The fourth-order valence-electron chi connectivity index (χ4n) is 2.00. The van der Waals surface area contributed by atoms with Gasteiger partial charge < -0.3 is 15.4 Å². The third-order valence-electron chi connectivity index (χ3n) is 3.02. The standard InChI is InChI=1S/C13H18ClN3O2.2ClH/c14-11-3-4-12(17-9-11)19-7-6-16-13(18)10-2-1-5-15-8-10;;/h3-4,9-10,15H,1-2,5-8H2,(H,16,18);2*1H. The van der Waals surface area contributed by atoms with Crippen LogP contribution in [0.1, 0.15) is 12.8 Å². The van der Waals surface area contributed by atoms with Crippen molar-refractivity contribution in [1.82, 2.24) is 15.6 Å². The van der Waals surface area contributed by atoms with E-state index in [9.17, 15) is 4.79 Å². The van der Waals surface area contributed by atoms with Crippen LogP contribution in [0, 0.1) is 5.92 Å². The average molecular weight is 357 g/mol. The molecule has 21 heavy (non-hydrogen) atoms. The van der Waals surface area contributed by atoms with E-state index in [-0.39, 0.29) is 36.6 Å². The molecule has 120 valence electrons. The lowest BCUT2D eigenvalue weighted by Crippen LogP contribution is -2.41. The molecule has 0 bridgehead atoms. The molecule has 1 aliphatic rings. The molecule has 2 rings (SSSR count). The summed E-state index contributed by atoms with van der Waals surface area (Å²) < 4.78 is 5.40. The van der Waals surface area contributed by atoms with E-state index in [2.05, 4.69) is 15.6 Å². The van der Waals surface area contributed by atoms with Crippen LogP contribution >= 0.6 is 36.4 Å². The van der Waals surface area contributed by atoms with Gasteiger partial charge in [-0.05, 0) is 25.5 Å². The second-order valence-electron chi connectivity index (χ2n) is 4.50. The topological polar surface area (TPSA) is 63.2 Å². The number of carbonyl (C=O) groups excluding carboxylic acids is 1. The molecular weight excluding hydrogens is 337 g/mol. The molecule has 1 saturated heterocycles. The number of ether oxygens (including phenoxy) is 1. The maximum atomic E-state index is 11.8. The Morgan fingerprint density at radius 2 is 2.29 bits per heavy atom. The van der Waals surface area contributed by atoms with E-state index in [0.29, 0.717) is 24.1 Å². The lowest BCUT2D eigenvalue weighted by atomic mass is 9.99. The molecular formula is C13H20Cl3N3O2. The van der Waals surface area contributed by atoms with Crippen LogP contribution in [0.15, 0.2) is 18.3 Å². The highest BCUT2D eigenvalue weighted by atomic mass is 35.5. The van der Waals surface area contributed by atoms with Crippen LogP contribution in [0.2, 0.25) is 5.02 Å². The van der Waals surface area contributed by atoms with Crippen molar-refractivity contribution in [3.8, 4) is 5.88 Å². The molecule has 0 saturated carbocycles. The van der Waals surface area contributed by atoms with E-state index < -0.39 is 0 Å². The summed E-state index contributed by atoms with van der Waals surface area (Å²) in [5.41, 5.74) is 0. The minimum absolute atomic E-state index is 0. The number of piperidine rings is 1. The smallest absolute Gasteiger partial charge is 0.224 e. The van der Waals surface area contributed by atoms with Crippen molar-refractivity contribution in [2.24, 2.45) is 5.92 Å². The van der Waals surface area contributed by atoms with Gasteiger partial charge in [-0.3, -0.25) is 4.79 Å². The first-order chi connectivity index (χ1) is 9.25. The van der Waals surface area contributed by atoms with Crippen LogP contribution in [0.3, 0.4) is 0 Å². The zero-order valence-electron chi connectivity index (χ0n) is 11.5. The van der Waals surface area contributed by atoms with Gasteiger partial charge >= 0.3 is 0 Å². The normalized spacial score (nSPS) is 17.1. The number of amides is 1. The van der Waals surface area contributed by atoms with Crippen molar-refractivity contribution in [2.45, 2.75) is 12.8 Å². The fraction of sp³-hybridized carbons (Fsp3) is 0.538. The SMILES string of the molecule is Cl.Cl.O=C(NCCOc1ccc(Cl)cn1)C1CCCNC1. The summed E-state index contributed by atoms with van der Waals surface area (Å²) in [6, 6.07) is 3.42. The first kappa shape index (κ1) is 20.2. The van der Waals surface area contributed by atoms with Crippen LogP contribution in [-0.4, -0.2) is 37.1 Å². The summed E-state index contributed by atoms with van der Waals surface area (Å²) in [5.74, 6) is 0.695. The first-order valence-electron chi connectivity index (χ1n) is 6.48. The molecule has 1 fully saturated rings. The van der Waals surface area contributed by atoms with Gasteiger partial charge in [-0.1, -0.05) is 11.6 Å². The van der Waals surface area contributed by atoms with E-state index in [4.69, 9.17) is 16.3 Å². The fourth-order valence-corrected chi connectivity index (χ4v) is 2.11. The summed E-state index contributed by atoms with van der Waals surface area (Å²) in [6.45, 7) is 2.67. The van der Waals surface area contributed by atoms with Gasteiger partial charge in [-0.15, -0.1) is 24.8 Å². The molecule has 8 heteroatoms. The van der Waals surface area contributed by atoms with Crippen LogP contribution < -0.4 is 15.4 Å². The number of nitrogens with zero attached hydrogens (tertiary/aromatic N) is 1. The van der Waals surface area contributed by atoms with Gasteiger partial charge in [0.1, 0.15) is 6.61 Å². The molecule has 1 unspecified atom stereocenters. The lowest BCUT2D eigenvalue weighted by Gasteiger charge is -2.21. The van der Waals surface area contributed by atoms with Gasteiger partial charge in [0.2, 0.25) is 11.8 Å². The van der Waals surface area contributed by atoms with Crippen molar-refractivity contribution >= 4 is 42.3 Å². The predicted molar refractivity (Wildman–Crippen MR) is 87.8 cm³/mol. The van der Waals surface area contributed by atoms with E-state index in [0.717, 1.165) is 25.9 Å². The number of carbonyl (C=O) groups is 1. The predicted octanol–water partition coefficient (Wildman–Crippen LogP) is 2.07. The molecule has 5 nitrogen and oxygen atoms in total. The van der Waals surface area contributed by atoms with E-state index in [1.807, 2.05) is 0 Å². The van der Waals surface area contributed by atoms with E-state index in [1.54, 1.807) is 12.1 Å². The molecule has 2 heterocycles. The summed E-state index contributed by atoms with van der Waals surface area (Å²) >= 11 is 5.72. The number of hydrogen-bond acceptors (Lipinski definition) is 4. The minimum Gasteiger partial charge on any atom is -0.476 e. The van der Waals surface area contributed by atoms with Crippen LogP contribution in [0.5, 0.6) is 5.88 Å². The molecule has 0 radical (unpaired) electrons. The van der Waals surface area contributed by atoms with Gasteiger partial charge in [0.15, 0.2) is 0 Å². The summed E-state index contributed by atoms with van der Waals surface area (Å²) in [5, 5.41) is 6.67. The van der Waals surface area contributed by atoms with Gasteiger partial charge in [-0.2, -0.15) is 0 Å². The molecule has 2 N–H and O–H groups in total. The largest absolute Gasteiger partial charge is 0.476 e. The monoisotopic (exact) mass is 355 g/mol. The number of aromatic nitrogens is 1. The molecule has 0 aromatic carbocycles. The van der Waals surface area contributed by atoms with Crippen LogP contribution in [-0.2, 0) is 4.79 Å². The summed E-state index contributed by atoms with van der Waals surface area (Å²) in [4.78, 5) is 15.8. The summed E-state index contributed by atoms with van der Waals surface area (Å²) in [7, 11) is 0. The van der Waals surface area contributed by atoms with Crippen molar-refractivity contribution < 1.29 is 9.53 Å². The number of hydrogen-bond donors (Lipinski definition) is 2. The molecule has 1 aromatic rings. The Morgan fingerprint density at radius 1 is 1.48 bits per heavy atom. The Balaban J connectivity index is 0.00000200. The number of nitrogens with one attached hydrogen (secondary N) is 2. The zero-order chi connectivity index (χ0) is 13.5. The third-order valence-corrected chi connectivity index (χ3v) is 3.24. The molecule has 1 aromatic heterocycles. The van der Waals surface area contributed by atoms with Crippen molar-refractivity contribution in [2.75, 3.05) is 26.2 Å². The number of pyridine rings is 1. The molecule has 1 aliphatic heterocycles. The van der Waals surface area contributed by atoms with Gasteiger partial charge in [0, 0.05) is 18.8 Å². The third kappa shape index (κ3) is 7.18. The maximum absolute atomic E-state index is 11.8. The van der Waals surface area contributed by atoms with E-state index in [1.165, 1.54) is 6.20 Å². The Kier molecular flexibility index (Phi) is 10.5. The number of halogens is 3. The highest BCUT2D eigenvalue weighted by molar-refractivity contribution is 6.30. The molecule has 1 amide bonds. The Morgan fingerprint density at radius 3 is 2.90 bits per heavy atom. The Bertz CT molecular complexity index is 412. The highest BCUT2D eigenvalue weighted by Gasteiger charge is 2.20. The average Bonchev–Trinajstić information content (AvgIpc) is 2.46. The van der Waals surface area contributed by atoms with Crippen molar-refractivity contribution in [3.05, 3.63) is 23.4 Å². The maximum Gasteiger partial charge on any atom is 0.224 e. The first-order valence-corrected chi connectivity index (χ1v) is 6.86. The molecule has 0 spiro atoms. The van der Waals surface area contributed by atoms with Crippen molar-refractivity contribution in [3.63, 3.8) is 0 Å². The summed E-state index contributed by atoms with van der Waals surface area (Å²) in [6.07, 6.45) is 3.55. The number of rotatable bonds is 5. The molecule has 0 aliphatic carbocycles. The van der Waals surface area contributed by atoms with E-state index >= 15 is 0 Å². The highest BCUT2D eigenvalue weighted by Crippen LogP contribution is 2.11. The van der Waals surface area contributed by atoms with Gasteiger partial charge in [0.25, 0.3) is 0 Å². The van der Waals surface area contributed by atoms with Crippen molar-refractivity contribution in [1.29, 1.82) is 0 Å². The lowest BCUT2D eigenvalue weighted by molar-refractivity contribution is -0.125. The van der Waals surface area contributed by atoms with Gasteiger partial charge in [-0.25, -0.2) is 4.98 Å². The zero-order valence-corrected chi connectivity index (χ0v) is 13.9. The molecule has 1 atom stereocenters. The minimum atomic E-state index is 0. The van der Waals surface area contributed by atoms with Gasteiger partial charge in [0.05, 0.1) is 17.5 Å². The quantitative estimate of drug-likeness (QED) is 0.793. The second kappa shape index (κ2) is 10.9. The van der Waals surface area contributed by atoms with Crippen LogP contribution in [0.4, 0.5) is 0 Å².